The maximum atomic E-state index is 11.9. The molecule has 4 heteroatoms. The maximum Gasteiger partial charge on any atom is 0.251 e. The number of aliphatic hydroxyl groups excluding tert-OH is 1. The average molecular weight is 289 g/mol. The molecule has 1 aromatic carbocycles. The second-order valence-corrected chi connectivity index (χ2v) is 4.92. The number of unbranched alkanes of at least 4 members (excludes halogenated alkanes) is 1. The van der Waals surface area contributed by atoms with Gasteiger partial charge < -0.3 is 15.2 Å². The van der Waals surface area contributed by atoms with Crippen molar-refractivity contribution in [2.75, 3.05) is 19.8 Å². The third-order valence-electron chi connectivity index (χ3n) is 2.77. The molecule has 0 radical (unpaired) electrons. The van der Waals surface area contributed by atoms with Crippen LogP contribution in [0.15, 0.2) is 24.3 Å². The van der Waals surface area contributed by atoms with E-state index in [1.165, 1.54) is 0 Å². The van der Waals surface area contributed by atoms with E-state index in [9.17, 15) is 4.79 Å². The van der Waals surface area contributed by atoms with Gasteiger partial charge in [0, 0.05) is 24.3 Å². The third-order valence-corrected chi connectivity index (χ3v) is 2.77. The number of hydrogen-bond donors (Lipinski definition) is 2. The molecule has 2 N–H and O–H groups in total. The van der Waals surface area contributed by atoms with Crippen LogP contribution >= 0.6 is 0 Å². The van der Waals surface area contributed by atoms with Crippen LogP contribution in [0.2, 0.25) is 0 Å². The zero-order valence-corrected chi connectivity index (χ0v) is 12.7. The molecule has 0 atom stereocenters. The van der Waals surface area contributed by atoms with E-state index in [2.05, 4.69) is 17.2 Å². The van der Waals surface area contributed by atoms with Crippen LogP contribution in [0, 0.1) is 11.8 Å². The van der Waals surface area contributed by atoms with E-state index >= 15 is 0 Å². The fourth-order valence-corrected chi connectivity index (χ4v) is 1.70. The van der Waals surface area contributed by atoms with E-state index in [0.29, 0.717) is 12.1 Å². The number of benzene rings is 1. The van der Waals surface area contributed by atoms with Gasteiger partial charge in [0.1, 0.15) is 6.61 Å². The zero-order chi connectivity index (χ0) is 15.5. The minimum Gasteiger partial charge on any atom is -0.384 e. The molecule has 0 aliphatic rings. The molecule has 0 saturated carbocycles. The van der Waals surface area contributed by atoms with Crippen molar-refractivity contribution in [3.05, 3.63) is 35.4 Å². The van der Waals surface area contributed by atoms with Gasteiger partial charge in [0.25, 0.3) is 5.91 Å². The Bertz CT molecular complexity index is 483. The van der Waals surface area contributed by atoms with Gasteiger partial charge in [-0.25, -0.2) is 0 Å². The van der Waals surface area contributed by atoms with Gasteiger partial charge >= 0.3 is 0 Å². The summed E-state index contributed by atoms with van der Waals surface area (Å²) in [6.07, 6.45) is 2.10. The molecule has 4 nitrogen and oxygen atoms in total. The molecular weight excluding hydrogens is 266 g/mol. The van der Waals surface area contributed by atoms with Crippen molar-refractivity contribution in [1.82, 2.24) is 5.32 Å². The molecule has 0 aliphatic heterocycles. The highest BCUT2D eigenvalue weighted by Crippen LogP contribution is 2.03. The number of amides is 1. The summed E-state index contributed by atoms with van der Waals surface area (Å²) in [5.41, 5.74) is 1.40. The van der Waals surface area contributed by atoms with Crippen molar-refractivity contribution in [3.8, 4) is 11.8 Å². The molecule has 1 rings (SSSR count). The molecular formula is C17H23NO3. The first-order chi connectivity index (χ1) is 10.1. The summed E-state index contributed by atoms with van der Waals surface area (Å²) in [6, 6.07) is 7.01. The highest BCUT2D eigenvalue weighted by molar-refractivity contribution is 5.94. The Kier molecular flexibility index (Phi) is 8.18. The first-order valence-corrected chi connectivity index (χ1v) is 7.23. The third kappa shape index (κ3) is 7.50. The lowest BCUT2D eigenvalue weighted by atomic mass is 10.1. The molecule has 0 aliphatic carbocycles. The number of nitrogens with one attached hydrogen (secondary N) is 1. The van der Waals surface area contributed by atoms with Gasteiger partial charge in [-0.05, 0) is 51.0 Å². The molecule has 0 spiro atoms. The summed E-state index contributed by atoms with van der Waals surface area (Å²) in [6.45, 7) is 5.23. The van der Waals surface area contributed by atoms with E-state index in [1.54, 1.807) is 24.3 Å². The van der Waals surface area contributed by atoms with Crippen LogP contribution in [-0.4, -0.2) is 36.9 Å². The second kappa shape index (κ2) is 9.98. The van der Waals surface area contributed by atoms with E-state index in [1.807, 2.05) is 13.8 Å². The topological polar surface area (TPSA) is 58.6 Å². The summed E-state index contributed by atoms with van der Waals surface area (Å²) >= 11 is 0. The summed E-state index contributed by atoms with van der Waals surface area (Å²) < 4.78 is 5.44. The van der Waals surface area contributed by atoms with Crippen LogP contribution in [0.25, 0.3) is 0 Å². The summed E-state index contributed by atoms with van der Waals surface area (Å²) in [5, 5.41) is 11.5. The van der Waals surface area contributed by atoms with Crippen molar-refractivity contribution in [3.63, 3.8) is 0 Å². The second-order valence-electron chi connectivity index (χ2n) is 4.92. The minimum absolute atomic E-state index is 0.0820. The Morgan fingerprint density at radius 3 is 2.62 bits per heavy atom. The normalized spacial score (nSPS) is 10.1. The molecule has 0 fully saturated rings. The van der Waals surface area contributed by atoms with Gasteiger partial charge in [-0.1, -0.05) is 11.8 Å². The van der Waals surface area contributed by atoms with Gasteiger partial charge in [0.05, 0.1) is 6.10 Å². The predicted molar refractivity (Wildman–Crippen MR) is 83.1 cm³/mol. The number of ether oxygens (including phenoxy) is 1. The fourth-order valence-electron chi connectivity index (χ4n) is 1.70. The zero-order valence-electron chi connectivity index (χ0n) is 12.7. The van der Waals surface area contributed by atoms with Crippen LogP contribution in [0.3, 0.4) is 0 Å². The summed E-state index contributed by atoms with van der Waals surface area (Å²) in [5.74, 6) is 5.28. The lowest BCUT2D eigenvalue weighted by molar-refractivity contribution is 0.0754. The lowest BCUT2D eigenvalue weighted by Crippen LogP contribution is -2.24. The van der Waals surface area contributed by atoms with Crippen LogP contribution < -0.4 is 5.32 Å². The molecule has 0 aromatic heterocycles. The summed E-state index contributed by atoms with van der Waals surface area (Å²) in [4.78, 5) is 11.9. The van der Waals surface area contributed by atoms with Crippen LogP contribution in [0.4, 0.5) is 0 Å². The first kappa shape index (κ1) is 17.2. The Morgan fingerprint density at radius 1 is 1.29 bits per heavy atom. The van der Waals surface area contributed by atoms with Crippen molar-refractivity contribution >= 4 is 5.91 Å². The Morgan fingerprint density at radius 2 is 2.00 bits per heavy atom. The lowest BCUT2D eigenvalue weighted by Gasteiger charge is -2.08. The van der Waals surface area contributed by atoms with Gasteiger partial charge in [-0.15, -0.1) is 0 Å². The predicted octanol–water partition coefficient (Wildman–Crippen LogP) is 1.97. The van der Waals surface area contributed by atoms with Gasteiger partial charge in [-0.3, -0.25) is 4.79 Å². The van der Waals surface area contributed by atoms with Crippen molar-refractivity contribution in [1.29, 1.82) is 0 Å². The highest BCUT2D eigenvalue weighted by Gasteiger charge is 2.04. The molecule has 0 heterocycles. The molecule has 0 unspecified atom stereocenters. The number of carbonyl (C=O) groups is 1. The Labute approximate surface area is 126 Å². The van der Waals surface area contributed by atoms with E-state index < -0.39 is 0 Å². The SMILES string of the molecule is CC(C)OCCCCNC(=O)c1ccc(C#CCO)cc1. The Balaban J connectivity index is 2.29. The quantitative estimate of drug-likeness (QED) is 0.596. The van der Waals surface area contributed by atoms with Crippen LogP contribution in [0.5, 0.6) is 0 Å². The number of hydrogen-bond acceptors (Lipinski definition) is 3. The van der Waals surface area contributed by atoms with Crippen LogP contribution in [-0.2, 0) is 4.74 Å². The van der Waals surface area contributed by atoms with Gasteiger partial charge in [0.2, 0.25) is 0 Å². The van der Waals surface area contributed by atoms with Crippen molar-refractivity contribution in [2.45, 2.75) is 32.8 Å². The smallest absolute Gasteiger partial charge is 0.251 e. The molecule has 0 bridgehead atoms. The number of carbonyl (C=O) groups excluding carboxylic acids is 1. The average Bonchev–Trinajstić information content (AvgIpc) is 2.48. The maximum absolute atomic E-state index is 11.9. The Hall–Kier alpha value is -1.83. The molecule has 21 heavy (non-hydrogen) atoms. The van der Waals surface area contributed by atoms with Gasteiger partial charge in [-0.2, -0.15) is 0 Å². The number of rotatable bonds is 7. The molecule has 0 saturated heterocycles. The number of aliphatic hydroxyl groups is 1. The molecule has 1 amide bonds. The molecule has 1 aromatic rings. The van der Waals surface area contributed by atoms with E-state index in [-0.39, 0.29) is 18.6 Å². The minimum atomic E-state index is -0.164. The van der Waals surface area contributed by atoms with Crippen LogP contribution in [0.1, 0.15) is 42.6 Å². The summed E-state index contributed by atoms with van der Waals surface area (Å²) in [7, 11) is 0. The first-order valence-electron chi connectivity index (χ1n) is 7.23. The van der Waals surface area contributed by atoms with Gasteiger partial charge in [0.15, 0.2) is 0 Å². The largest absolute Gasteiger partial charge is 0.384 e. The standard InChI is InChI=1S/C17H23NO3/c1-14(2)21-13-4-3-11-18-17(20)16-9-7-15(8-10-16)6-5-12-19/h7-10,14,19H,3-4,11-13H2,1-2H3,(H,18,20). The molecule has 114 valence electrons. The fraction of sp³-hybridized carbons (Fsp3) is 0.471. The highest BCUT2D eigenvalue weighted by atomic mass is 16.5. The van der Waals surface area contributed by atoms with Crippen molar-refractivity contribution in [2.24, 2.45) is 0 Å². The van der Waals surface area contributed by atoms with E-state index in [4.69, 9.17) is 9.84 Å². The monoisotopic (exact) mass is 289 g/mol. The van der Waals surface area contributed by atoms with E-state index in [0.717, 1.165) is 25.0 Å². The van der Waals surface area contributed by atoms with Crippen molar-refractivity contribution < 1.29 is 14.6 Å².